The topological polar surface area (TPSA) is 36.8 Å². The number of nitrogens with zero attached hydrogens (tertiary/aromatic N) is 1. The Morgan fingerprint density at radius 2 is 2.00 bits per heavy atom. The highest BCUT2D eigenvalue weighted by Gasteiger charge is 2.31. The zero-order valence-electron chi connectivity index (χ0n) is 8.18. The number of hydrogen-bond donors (Lipinski definition) is 2. The first kappa shape index (κ1) is 8.97. The Balaban J connectivity index is 1.72. The number of piperazine rings is 1. The third-order valence-corrected chi connectivity index (χ3v) is 2.83. The number of rotatable bonds is 2. The molecule has 0 bridgehead atoms. The van der Waals surface area contributed by atoms with Crippen LogP contribution in [-0.2, 0) is 4.79 Å². The molecule has 4 heteroatoms. The molecule has 1 saturated carbocycles. The fourth-order valence-electron chi connectivity index (χ4n) is 1.59. The van der Waals surface area contributed by atoms with E-state index in [0.29, 0.717) is 5.92 Å². The van der Waals surface area contributed by atoms with E-state index < -0.39 is 0 Å². The lowest BCUT2D eigenvalue weighted by molar-refractivity contribution is -0.884. The van der Waals surface area contributed by atoms with Crippen molar-refractivity contribution in [3.05, 3.63) is 0 Å². The van der Waals surface area contributed by atoms with E-state index in [0.717, 1.165) is 39.0 Å². The SMILES string of the molecule is C[NH+]1CCN(NC(=O)C2CC2)CC1. The monoisotopic (exact) mass is 184 g/mol. The summed E-state index contributed by atoms with van der Waals surface area (Å²) in [5.74, 6) is 0.562. The number of quaternary nitrogens is 1. The molecule has 1 aliphatic heterocycles. The van der Waals surface area contributed by atoms with Crippen LogP contribution in [0.15, 0.2) is 0 Å². The van der Waals surface area contributed by atoms with Gasteiger partial charge in [0.05, 0.1) is 33.2 Å². The van der Waals surface area contributed by atoms with Gasteiger partial charge in [-0.05, 0) is 12.8 Å². The summed E-state index contributed by atoms with van der Waals surface area (Å²) in [5, 5.41) is 2.06. The molecule has 2 rings (SSSR count). The van der Waals surface area contributed by atoms with E-state index in [9.17, 15) is 4.79 Å². The van der Waals surface area contributed by atoms with Crippen molar-refractivity contribution in [3.8, 4) is 0 Å². The Hall–Kier alpha value is -0.610. The molecule has 1 amide bonds. The Morgan fingerprint density at radius 1 is 1.38 bits per heavy atom. The maximum atomic E-state index is 11.4. The molecule has 74 valence electrons. The standard InChI is InChI=1S/C9H17N3O/c1-11-4-6-12(7-5-11)10-9(13)8-2-3-8/h8H,2-7H2,1H3,(H,10,13)/p+1. The summed E-state index contributed by atoms with van der Waals surface area (Å²) in [6, 6.07) is 0. The minimum atomic E-state index is 0.236. The second kappa shape index (κ2) is 3.64. The van der Waals surface area contributed by atoms with E-state index in [4.69, 9.17) is 0 Å². The average molecular weight is 184 g/mol. The fraction of sp³-hybridized carbons (Fsp3) is 0.889. The number of likely N-dealkylation sites (N-methyl/N-ethyl adjacent to an activating group) is 1. The first-order valence-corrected chi connectivity index (χ1v) is 5.12. The molecule has 0 spiro atoms. The molecule has 1 saturated heterocycles. The van der Waals surface area contributed by atoms with Crippen LogP contribution in [0.3, 0.4) is 0 Å². The molecule has 2 fully saturated rings. The highest BCUT2D eigenvalue weighted by molar-refractivity contribution is 5.80. The third-order valence-electron chi connectivity index (χ3n) is 2.83. The van der Waals surface area contributed by atoms with Crippen LogP contribution in [0.25, 0.3) is 0 Å². The van der Waals surface area contributed by atoms with Crippen molar-refractivity contribution in [2.24, 2.45) is 5.92 Å². The van der Waals surface area contributed by atoms with Gasteiger partial charge in [-0.15, -0.1) is 0 Å². The number of hydrogen-bond acceptors (Lipinski definition) is 2. The number of nitrogens with one attached hydrogen (secondary N) is 2. The molecular weight excluding hydrogens is 166 g/mol. The van der Waals surface area contributed by atoms with Crippen LogP contribution in [0.2, 0.25) is 0 Å². The third kappa shape index (κ3) is 2.42. The summed E-state index contributed by atoms with van der Waals surface area (Å²) in [6.45, 7) is 4.24. The molecule has 0 aromatic rings. The lowest BCUT2D eigenvalue weighted by atomic mass is 10.4. The molecule has 1 heterocycles. The summed E-state index contributed by atoms with van der Waals surface area (Å²) in [6.07, 6.45) is 2.18. The maximum absolute atomic E-state index is 11.4. The summed E-state index contributed by atoms with van der Waals surface area (Å²) in [4.78, 5) is 12.9. The van der Waals surface area contributed by atoms with Crippen LogP contribution < -0.4 is 10.3 Å². The van der Waals surface area contributed by atoms with Gasteiger partial charge in [0.25, 0.3) is 0 Å². The zero-order valence-corrected chi connectivity index (χ0v) is 8.18. The van der Waals surface area contributed by atoms with E-state index >= 15 is 0 Å². The minimum absolute atomic E-state index is 0.236. The summed E-state index contributed by atoms with van der Waals surface area (Å²) >= 11 is 0. The Bertz CT molecular complexity index is 195. The Morgan fingerprint density at radius 3 is 2.54 bits per heavy atom. The number of hydrazine groups is 1. The van der Waals surface area contributed by atoms with Crippen molar-refractivity contribution in [2.75, 3.05) is 33.2 Å². The van der Waals surface area contributed by atoms with Gasteiger partial charge in [-0.2, -0.15) is 0 Å². The van der Waals surface area contributed by atoms with Crippen molar-refractivity contribution in [2.45, 2.75) is 12.8 Å². The van der Waals surface area contributed by atoms with Crippen molar-refractivity contribution < 1.29 is 9.69 Å². The molecule has 0 atom stereocenters. The van der Waals surface area contributed by atoms with Gasteiger partial charge in [-0.3, -0.25) is 10.2 Å². The molecular formula is C9H18N3O+. The van der Waals surface area contributed by atoms with Crippen LogP contribution in [0, 0.1) is 5.92 Å². The molecule has 0 unspecified atom stereocenters. The lowest BCUT2D eigenvalue weighted by Crippen LogP contribution is -3.12. The number of carbonyl (C=O) groups is 1. The molecule has 2 aliphatic rings. The highest BCUT2D eigenvalue weighted by atomic mass is 16.2. The van der Waals surface area contributed by atoms with Gasteiger partial charge in [0.1, 0.15) is 0 Å². The number of amides is 1. The van der Waals surface area contributed by atoms with Gasteiger partial charge in [0.15, 0.2) is 0 Å². The summed E-state index contributed by atoms with van der Waals surface area (Å²) in [7, 11) is 2.19. The minimum Gasteiger partial charge on any atom is -0.335 e. The van der Waals surface area contributed by atoms with Gasteiger partial charge in [-0.25, -0.2) is 5.01 Å². The molecule has 1 aliphatic carbocycles. The van der Waals surface area contributed by atoms with Crippen LogP contribution in [0.5, 0.6) is 0 Å². The molecule has 13 heavy (non-hydrogen) atoms. The molecule has 0 aromatic heterocycles. The Labute approximate surface area is 78.8 Å². The zero-order chi connectivity index (χ0) is 9.26. The smallest absolute Gasteiger partial charge is 0.237 e. The largest absolute Gasteiger partial charge is 0.335 e. The molecule has 4 nitrogen and oxygen atoms in total. The van der Waals surface area contributed by atoms with E-state index in [1.54, 1.807) is 4.90 Å². The van der Waals surface area contributed by atoms with Gasteiger partial charge in [0, 0.05) is 5.92 Å². The van der Waals surface area contributed by atoms with Gasteiger partial charge >= 0.3 is 0 Å². The maximum Gasteiger partial charge on any atom is 0.237 e. The molecule has 0 aromatic carbocycles. The average Bonchev–Trinajstić information content (AvgIpc) is 2.91. The number of carbonyl (C=O) groups excluding carboxylic acids is 1. The van der Waals surface area contributed by atoms with Gasteiger partial charge in [-0.1, -0.05) is 0 Å². The first-order chi connectivity index (χ1) is 6.25. The van der Waals surface area contributed by atoms with E-state index in [1.807, 2.05) is 0 Å². The van der Waals surface area contributed by atoms with Crippen molar-refractivity contribution in [3.63, 3.8) is 0 Å². The van der Waals surface area contributed by atoms with Crippen LogP contribution >= 0.6 is 0 Å². The normalized spacial score (nSPS) is 25.9. The lowest BCUT2D eigenvalue weighted by Gasteiger charge is -2.30. The van der Waals surface area contributed by atoms with Crippen LogP contribution in [0.4, 0.5) is 0 Å². The van der Waals surface area contributed by atoms with E-state index in [1.165, 1.54) is 0 Å². The van der Waals surface area contributed by atoms with Gasteiger partial charge < -0.3 is 4.90 Å². The van der Waals surface area contributed by atoms with E-state index in [2.05, 4.69) is 17.5 Å². The Kier molecular flexibility index (Phi) is 2.51. The quantitative estimate of drug-likeness (QED) is 0.534. The highest BCUT2D eigenvalue weighted by Crippen LogP contribution is 2.28. The van der Waals surface area contributed by atoms with Crippen molar-refractivity contribution in [1.82, 2.24) is 10.4 Å². The predicted octanol–water partition coefficient (Wildman–Crippen LogP) is -1.74. The fourth-order valence-corrected chi connectivity index (χ4v) is 1.59. The van der Waals surface area contributed by atoms with E-state index in [-0.39, 0.29) is 5.91 Å². The van der Waals surface area contributed by atoms with Crippen LogP contribution in [-0.4, -0.2) is 44.1 Å². The van der Waals surface area contributed by atoms with Crippen molar-refractivity contribution in [1.29, 1.82) is 0 Å². The van der Waals surface area contributed by atoms with Crippen LogP contribution in [0.1, 0.15) is 12.8 Å². The second-order valence-electron chi connectivity index (χ2n) is 4.19. The van der Waals surface area contributed by atoms with Crippen molar-refractivity contribution >= 4 is 5.91 Å². The summed E-state index contributed by atoms with van der Waals surface area (Å²) < 4.78 is 0. The first-order valence-electron chi connectivity index (χ1n) is 5.12. The second-order valence-corrected chi connectivity index (χ2v) is 4.19. The summed E-state index contributed by atoms with van der Waals surface area (Å²) in [5.41, 5.74) is 2.98. The molecule has 0 radical (unpaired) electrons. The predicted molar refractivity (Wildman–Crippen MR) is 49.1 cm³/mol. The molecule has 2 N–H and O–H groups in total. The van der Waals surface area contributed by atoms with Gasteiger partial charge in [0.2, 0.25) is 5.91 Å².